The van der Waals surface area contributed by atoms with Gasteiger partial charge in [-0.25, -0.2) is 4.98 Å². The van der Waals surface area contributed by atoms with Crippen molar-refractivity contribution in [3.8, 4) is 17.0 Å². The molecule has 0 aliphatic carbocycles. The molecule has 2 heterocycles. The van der Waals surface area contributed by atoms with Gasteiger partial charge in [0.2, 0.25) is 5.91 Å². The standard InChI is InChI=1S/C20H19N3O2S/c1-2-25-16-7-5-15(6-8-16)21-20-23-18(12-26-20)14-3-9-17-13(11-14)4-10-19(24)22-17/h3,5-9,11-12H,2,4,10H2,1H3,(H,21,23)(H,22,24). The lowest BCUT2D eigenvalue weighted by molar-refractivity contribution is -0.116. The summed E-state index contributed by atoms with van der Waals surface area (Å²) in [4.78, 5) is 16.2. The lowest BCUT2D eigenvalue weighted by atomic mass is 9.99. The summed E-state index contributed by atoms with van der Waals surface area (Å²) in [6.45, 7) is 2.63. The number of rotatable bonds is 5. The molecule has 0 fully saturated rings. The molecule has 1 aromatic heterocycles. The molecule has 6 heteroatoms. The molecule has 0 saturated heterocycles. The highest BCUT2D eigenvalue weighted by Gasteiger charge is 2.16. The Morgan fingerprint density at radius 1 is 1.19 bits per heavy atom. The molecule has 2 aromatic carbocycles. The molecule has 4 rings (SSSR count). The van der Waals surface area contributed by atoms with Crippen LogP contribution in [0.15, 0.2) is 47.8 Å². The number of carbonyl (C=O) groups excluding carboxylic acids is 1. The number of hydrogen-bond donors (Lipinski definition) is 2. The zero-order chi connectivity index (χ0) is 17.9. The Hall–Kier alpha value is -2.86. The van der Waals surface area contributed by atoms with Crippen molar-refractivity contribution in [2.75, 3.05) is 17.2 Å². The maximum Gasteiger partial charge on any atom is 0.224 e. The van der Waals surface area contributed by atoms with Crippen LogP contribution in [0, 0.1) is 0 Å². The minimum Gasteiger partial charge on any atom is -0.494 e. The van der Waals surface area contributed by atoms with Crippen LogP contribution in [0.5, 0.6) is 5.75 Å². The van der Waals surface area contributed by atoms with Gasteiger partial charge >= 0.3 is 0 Å². The van der Waals surface area contributed by atoms with Gasteiger partial charge in [0.15, 0.2) is 5.13 Å². The van der Waals surface area contributed by atoms with Gasteiger partial charge in [-0.3, -0.25) is 4.79 Å². The number of fused-ring (bicyclic) bond motifs is 1. The van der Waals surface area contributed by atoms with E-state index < -0.39 is 0 Å². The lowest BCUT2D eigenvalue weighted by Crippen LogP contribution is -2.18. The number of hydrogen-bond acceptors (Lipinski definition) is 5. The predicted octanol–water partition coefficient (Wildman–Crippen LogP) is 4.84. The maximum atomic E-state index is 11.5. The summed E-state index contributed by atoms with van der Waals surface area (Å²) in [6, 6.07) is 13.9. The average molecular weight is 365 g/mol. The van der Waals surface area contributed by atoms with E-state index in [0.29, 0.717) is 13.0 Å². The molecule has 1 amide bonds. The number of nitrogens with zero attached hydrogens (tertiary/aromatic N) is 1. The second-order valence-corrected chi connectivity index (χ2v) is 6.90. The van der Waals surface area contributed by atoms with Gasteiger partial charge in [0.1, 0.15) is 5.75 Å². The number of aryl methyl sites for hydroxylation is 1. The summed E-state index contributed by atoms with van der Waals surface area (Å²) in [6.07, 6.45) is 1.31. The van der Waals surface area contributed by atoms with Crippen LogP contribution < -0.4 is 15.4 Å². The smallest absolute Gasteiger partial charge is 0.224 e. The molecular weight excluding hydrogens is 346 g/mol. The summed E-state index contributed by atoms with van der Waals surface area (Å²) in [5.41, 5.74) is 5.05. The number of amides is 1. The molecule has 0 bridgehead atoms. The molecule has 26 heavy (non-hydrogen) atoms. The van der Waals surface area contributed by atoms with E-state index in [9.17, 15) is 4.79 Å². The van der Waals surface area contributed by atoms with Gasteiger partial charge in [0.25, 0.3) is 0 Å². The van der Waals surface area contributed by atoms with E-state index in [-0.39, 0.29) is 5.91 Å². The molecule has 0 radical (unpaired) electrons. The zero-order valence-electron chi connectivity index (χ0n) is 14.4. The van der Waals surface area contributed by atoms with Crippen molar-refractivity contribution in [3.63, 3.8) is 0 Å². The molecule has 1 aliphatic rings. The molecule has 0 unspecified atom stereocenters. The monoisotopic (exact) mass is 365 g/mol. The molecule has 0 saturated carbocycles. The minimum atomic E-state index is 0.0840. The predicted molar refractivity (Wildman–Crippen MR) is 105 cm³/mol. The van der Waals surface area contributed by atoms with Crippen LogP contribution in [0.2, 0.25) is 0 Å². The second-order valence-electron chi connectivity index (χ2n) is 6.04. The van der Waals surface area contributed by atoms with Crippen LogP contribution in [0.3, 0.4) is 0 Å². The second kappa shape index (κ2) is 7.17. The van der Waals surface area contributed by atoms with Gasteiger partial charge in [0, 0.05) is 28.7 Å². The van der Waals surface area contributed by atoms with E-state index in [2.05, 4.69) is 21.7 Å². The number of anilines is 3. The van der Waals surface area contributed by atoms with Crippen LogP contribution in [0.25, 0.3) is 11.3 Å². The average Bonchev–Trinajstić information content (AvgIpc) is 3.12. The first-order valence-electron chi connectivity index (χ1n) is 8.60. The first kappa shape index (κ1) is 16.6. The molecule has 2 N–H and O–H groups in total. The van der Waals surface area contributed by atoms with Gasteiger partial charge in [-0.1, -0.05) is 6.07 Å². The number of carbonyl (C=O) groups is 1. The molecule has 0 spiro atoms. The fraction of sp³-hybridized carbons (Fsp3) is 0.200. The van der Waals surface area contributed by atoms with Crippen LogP contribution in [-0.2, 0) is 11.2 Å². The molecule has 1 aliphatic heterocycles. The lowest BCUT2D eigenvalue weighted by Gasteiger charge is -2.17. The van der Waals surface area contributed by atoms with E-state index in [4.69, 9.17) is 4.74 Å². The van der Waals surface area contributed by atoms with Gasteiger partial charge in [-0.15, -0.1) is 11.3 Å². The van der Waals surface area contributed by atoms with Crippen LogP contribution in [0.4, 0.5) is 16.5 Å². The Kier molecular flexibility index (Phi) is 4.58. The third-order valence-corrected chi connectivity index (χ3v) is 4.97. The van der Waals surface area contributed by atoms with Gasteiger partial charge in [0.05, 0.1) is 12.3 Å². The minimum absolute atomic E-state index is 0.0840. The quantitative estimate of drug-likeness (QED) is 0.679. The molecular formula is C20H19N3O2S. The van der Waals surface area contributed by atoms with Crippen LogP contribution >= 0.6 is 11.3 Å². The van der Waals surface area contributed by atoms with Crippen LogP contribution in [-0.4, -0.2) is 17.5 Å². The number of nitrogens with one attached hydrogen (secondary N) is 2. The van der Waals surface area contributed by atoms with E-state index >= 15 is 0 Å². The Bertz CT molecular complexity index is 934. The fourth-order valence-corrected chi connectivity index (χ4v) is 3.67. The van der Waals surface area contributed by atoms with Crippen LogP contribution in [0.1, 0.15) is 18.9 Å². The SMILES string of the molecule is CCOc1ccc(Nc2nc(-c3ccc4c(c3)CCC(=O)N4)cs2)cc1. The normalized spacial score (nSPS) is 13.0. The highest BCUT2D eigenvalue weighted by molar-refractivity contribution is 7.14. The van der Waals surface area contributed by atoms with Crippen molar-refractivity contribution >= 4 is 33.8 Å². The molecule has 5 nitrogen and oxygen atoms in total. The van der Waals surface area contributed by atoms with Crippen molar-refractivity contribution in [2.24, 2.45) is 0 Å². The Balaban J connectivity index is 1.50. The Morgan fingerprint density at radius 2 is 2.04 bits per heavy atom. The van der Waals surface area contributed by atoms with Crippen molar-refractivity contribution < 1.29 is 9.53 Å². The molecule has 132 valence electrons. The molecule has 3 aromatic rings. The summed E-state index contributed by atoms with van der Waals surface area (Å²) in [5.74, 6) is 0.944. The first-order chi connectivity index (χ1) is 12.7. The Morgan fingerprint density at radius 3 is 2.85 bits per heavy atom. The van der Waals surface area contributed by atoms with Crippen molar-refractivity contribution in [3.05, 3.63) is 53.4 Å². The van der Waals surface area contributed by atoms with Gasteiger partial charge in [-0.05, 0) is 55.3 Å². The van der Waals surface area contributed by atoms with Crippen molar-refractivity contribution in [2.45, 2.75) is 19.8 Å². The third-order valence-electron chi connectivity index (χ3n) is 4.22. The largest absolute Gasteiger partial charge is 0.494 e. The Labute approximate surface area is 156 Å². The summed E-state index contributed by atoms with van der Waals surface area (Å²) in [7, 11) is 0. The zero-order valence-corrected chi connectivity index (χ0v) is 15.2. The van der Waals surface area contributed by atoms with E-state index in [1.54, 1.807) is 11.3 Å². The highest BCUT2D eigenvalue weighted by Crippen LogP contribution is 2.31. The summed E-state index contributed by atoms with van der Waals surface area (Å²) in [5, 5.41) is 9.12. The number of thiazole rings is 1. The van der Waals surface area contributed by atoms with Gasteiger partial charge in [-0.2, -0.15) is 0 Å². The van der Waals surface area contributed by atoms with E-state index in [1.165, 1.54) is 0 Å². The maximum absolute atomic E-state index is 11.5. The number of aromatic nitrogens is 1. The summed E-state index contributed by atoms with van der Waals surface area (Å²) < 4.78 is 5.46. The highest BCUT2D eigenvalue weighted by atomic mass is 32.1. The number of benzene rings is 2. The fourth-order valence-electron chi connectivity index (χ4n) is 2.93. The summed E-state index contributed by atoms with van der Waals surface area (Å²) >= 11 is 1.57. The van der Waals surface area contributed by atoms with E-state index in [1.807, 2.05) is 48.7 Å². The topological polar surface area (TPSA) is 63.2 Å². The first-order valence-corrected chi connectivity index (χ1v) is 9.48. The number of ether oxygens (including phenoxy) is 1. The van der Waals surface area contributed by atoms with Crippen molar-refractivity contribution in [1.29, 1.82) is 0 Å². The van der Waals surface area contributed by atoms with E-state index in [0.717, 1.165) is 45.5 Å². The third kappa shape index (κ3) is 3.55. The van der Waals surface area contributed by atoms with Crippen molar-refractivity contribution in [1.82, 2.24) is 4.98 Å². The van der Waals surface area contributed by atoms with Gasteiger partial charge < -0.3 is 15.4 Å². The molecule has 0 atom stereocenters.